The highest BCUT2D eigenvalue weighted by Crippen LogP contribution is 2.32. The van der Waals surface area contributed by atoms with Crippen molar-refractivity contribution >= 4 is 11.6 Å². The third kappa shape index (κ3) is 3.66. The van der Waals surface area contributed by atoms with Crippen LogP contribution in [-0.4, -0.2) is 38.6 Å². The fraction of sp³-hybridized carbons (Fsp3) is 0.400. The first-order chi connectivity index (χ1) is 9.54. The number of allylic oxidation sites excluding steroid dienone is 1. The molecule has 0 bridgehead atoms. The molecule has 0 saturated heterocycles. The Balaban J connectivity index is 2.94. The molecule has 0 aliphatic rings. The lowest BCUT2D eigenvalue weighted by atomic mass is 10.1. The maximum absolute atomic E-state index is 12.4. The van der Waals surface area contributed by atoms with Gasteiger partial charge in [0.25, 0.3) is 5.91 Å². The summed E-state index contributed by atoms with van der Waals surface area (Å²) in [5, 5.41) is 0. The second-order valence-electron chi connectivity index (χ2n) is 4.45. The Bertz CT molecular complexity index is 486. The molecular weight excluding hydrogens is 256 g/mol. The number of benzene rings is 1. The molecule has 0 radical (unpaired) electrons. The van der Waals surface area contributed by atoms with Crippen molar-refractivity contribution in [1.82, 2.24) is 4.90 Å². The summed E-state index contributed by atoms with van der Waals surface area (Å²) < 4.78 is 10.3. The molecule has 0 aliphatic carbocycles. The van der Waals surface area contributed by atoms with Crippen molar-refractivity contribution in [3.8, 4) is 11.5 Å². The van der Waals surface area contributed by atoms with Crippen LogP contribution in [0.5, 0.6) is 11.5 Å². The normalized spacial score (nSPS) is 9.95. The molecule has 0 spiro atoms. The third-order valence-corrected chi connectivity index (χ3v) is 3.03. The Hall–Kier alpha value is -2.17. The highest BCUT2D eigenvalue weighted by atomic mass is 16.5. The molecule has 0 atom stereocenters. The molecule has 1 rings (SSSR count). The van der Waals surface area contributed by atoms with Crippen LogP contribution in [0, 0.1) is 0 Å². The van der Waals surface area contributed by atoms with Gasteiger partial charge in [-0.3, -0.25) is 4.79 Å². The number of nitrogen functional groups attached to an aromatic ring is 1. The number of hydrogen-bond acceptors (Lipinski definition) is 4. The summed E-state index contributed by atoms with van der Waals surface area (Å²) in [7, 11) is 4.80. The largest absolute Gasteiger partial charge is 0.493 e. The van der Waals surface area contributed by atoms with Gasteiger partial charge < -0.3 is 20.1 Å². The van der Waals surface area contributed by atoms with Gasteiger partial charge >= 0.3 is 0 Å². The van der Waals surface area contributed by atoms with Crippen LogP contribution in [0.15, 0.2) is 24.8 Å². The topological polar surface area (TPSA) is 64.8 Å². The number of carbonyl (C=O) groups is 1. The molecule has 0 saturated carbocycles. The first-order valence-corrected chi connectivity index (χ1v) is 6.43. The van der Waals surface area contributed by atoms with Crippen LogP contribution in [0.2, 0.25) is 0 Å². The van der Waals surface area contributed by atoms with Gasteiger partial charge in [-0.05, 0) is 18.9 Å². The van der Waals surface area contributed by atoms with Crippen LogP contribution in [0.3, 0.4) is 0 Å². The molecule has 0 aromatic heterocycles. The fourth-order valence-corrected chi connectivity index (χ4v) is 1.86. The molecule has 0 fully saturated rings. The van der Waals surface area contributed by atoms with E-state index in [9.17, 15) is 4.79 Å². The molecule has 0 aliphatic heterocycles. The van der Waals surface area contributed by atoms with Crippen LogP contribution in [0.4, 0.5) is 5.69 Å². The molecule has 1 aromatic carbocycles. The standard InChI is InChI=1S/C15H22N2O3/c1-5-6-7-8-17(2)15(18)11-9-13(19-3)14(20-4)10-12(11)16/h5,9-10H,1,6-8,16H2,2-4H3. The molecule has 0 heterocycles. The molecule has 1 amide bonds. The van der Waals surface area contributed by atoms with Crippen LogP contribution in [-0.2, 0) is 0 Å². The zero-order valence-electron chi connectivity index (χ0n) is 12.3. The Morgan fingerprint density at radius 1 is 1.35 bits per heavy atom. The summed E-state index contributed by atoms with van der Waals surface area (Å²) in [6.45, 7) is 4.31. The molecule has 5 heteroatoms. The van der Waals surface area contributed by atoms with Crippen molar-refractivity contribution in [3.63, 3.8) is 0 Å². The minimum Gasteiger partial charge on any atom is -0.493 e. The van der Waals surface area contributed by atoms with Crippen molar-refractivity contribution in [2.45, 2.75) is 12.8 Å². The van der Waals surface area contributed by atoms with Crippen LogP contribution < -0.4 is 15.2 Å². The van der Waals surface area contributed by atoms with E-state index in [0.717, 1.165) is 12.8 Å². The zero-order chi connectivity index (χ0) is 15.1. The summed E-state index contributed by atoms with van der Waals surface area (Å²) in [6, 6.07) is 3.21. The first kappa shape index (κ1) is 15.9. The molecular formula is C15H22N2O3. The van der Waals surface area contributed by atoms with Crippen molar-refractivity contribution in [3.05, 3.63) is 30.4 Å². The summed E-state index contributed by atoms with van der Waals surface area (Å²) in [5.74, 6) is 0.868. The molecule has 110 valence electrons. The van der Waals surface area contributed by atoms with Crippen LogP contribution in [0.1, 0.15) is 23.2 Å². The highest BCUT2D eigenvalue weighted by molar-refractivity contribution is 5.99. The minimum atomic E-state index is -0.132. The van der Waals surface area contributed by atoms with Gasteiger partial charge in [0.2, 0.25) is 0 Å². The number of ether oxygens (including phenoxy) is 2. The van der Waals surface area contributed by atoms with Gasteiger partial charge in [-0.15, -0.1) is 6.58 Å². The summed E-state index contributed by atoms with van der Waals surface area (Å²) in [6.07, 6.45) is 3.58. The number of methoxy groups -OCH3 is 2. The van der Waals surface area contributed by atoms with E-state index in [1.54, 1.807) is 24.1 Å². The van der Waals surface area contributed by atoms with E-state index in [4.69, 9.17) is 15.2 Å². The van der Waals surface area contributed by atoms with E-state index < -0.39 is 0 Å². The van der Waals surface area contributed by atoms with Crippen LogP contribution >= 0.6 is 0 Å². The predicted molar refractivity (Wildman–Crippen MR) is 80.3 cm³/mol. The maximum Gasteiger partial charge on any atom is 0.255 e. The van der Waals surface area contributed by atoms with Crippen molar-refractivity contribution in [1.29, 1.82) is 0 Å². The van der Waals surface area contributed by atoms with Gasteiger partial charge in [-0.25, -0.2) is 0 Å². The summed E-state index contributed by atoms with van der Waals surface area (Å²) in [5.41, 5.74) is 6.71. The third-order valence-electron chi connectivity index (χ3n) is 3.03. The zero-order valence-corrected chi connectivity index (χ0v) is 12.3. The van der Waals surface area contributed by atoms with E-state index in [1.165, 1.54) is 14.2 Å². The molecule has 2 N–H and O–H groups in total. The lowest BCUT2D eigenvalue weighted by Crippen LogP contribution is -2.28. The highest BCUT2D eigenvalue weighted by Gasteiger charge is 2.18. The summed E-state index contributed by atoms with van der Waals surface area (Å²) >= 11 is 0. The Labute approximate surface area is 120 Å². The molecule has 0 unspecified atom stereocenters. The van der Waals surface area contributed by atoms with Gasteiger partial charge in [-0.1, -0.05) is 6.08 Å². The number of rotatable bonds is 7. The first-order valence-electron chi connectivity index (χ1n) is 6.43. The van der Waals surface area contributed by atoms with Crippen molar-refractivity contribution < 1.29 is 14.3 Å². The Kier molecular flexibility index (Phi) is 5.90. The van der Waals surface area contributed by atoms with Crippen LogP contribution in [0.25, 0.3) is 0 Å². The van der Waals surface area contributed by atoms with E-state index >= 15 is 0 Å². The minimum absolute atomic E-state index is 0.132. The number of unbranched alkanes of at least 4 members (excludes halogenated alkanes) is 1. The van der Waals surface area contributed by atoms with Crippen molar-refractivity contribution in [2.24, 2.45) is 0 Å². The molecule has 1 aromatic rings. The average molecular weight is 278 g/mol. The Morgan fingerprint density at radius 2 is 1.95 bits per heavy atom. The predicted octanol–water partition coefficient (Wildman–Crippen LogP) is 2.32. The van der Waals surface area contributed by atoms with Crippen molar-refractivity contribution in [2.75, 3.05) is 33.5 Å². The SMILES string of the molecule is C=CCCCN(C)C(=O)c1cc(OC)c(OC)cc1N. The molecule has 20 heavy (non-hydrogen) atoms. The number of carbonyl (C=O) groups excluding carboxylic acids is 1. The van der Waals surface area contributed by atoms with E-state index in [-0.39, 0.29) is 5.91 Å². The fourth-order valence-electron chi connectivity index (χ4n) is 1.86. The van der Waals surface area contributed by atoms with Gasteiger partial charge in [0, 0.05) is 25.3 Å². The second-order valence-corrected chi connectivity index (χ2v) is 4.45. The van der Waals surface area contributed by atoms with Gasteiger partial charge in [-0.2, -0.15) is 0 Å². The number of anilines is 1. The summed E-state index contributed by atoms with van der Waals surface area (Å²) in [4.78, 5) is 14.0. The lowest BCUT2D eigenvalue weighted by Gasteiger charge is -2.19. The average Bonchev–Trinajstić information content (AvgIpc) is 2.46. The number of nitrogens with zero attached hydrogens (tertiary/aromatic N) is 1. The molecule has 5 nitrogen and oxygen atoms in total. The quantitative estimate of drug-likeness (QED) is 0.472. The maximum atomic E-state index is 12.4. The smallest absolute Gasteiger partial charge is 0.255 e. The second kappa shape index (κ2) is 7.43. The Morgan fingerprint density at radius 3 is 2.50 bits per heavy atom. The van der Waals surface area contributed by atoms with Gasteiger partial charge in [0.05, 0.1) is 19.8 Å². The van der Waals surface area contributed by atoms with Gasteiger partial charge in [0.1, 0.15) is 0 Å². The van der Waals surface area contributed by atoms with Gasteiger partial charge in [0.15, 0.2) is 11.5 Å². The van der Waals surface area contributed by atoms with E-state index in [2.05, 4.69) is 6.58 Å². The lowest BCUT2D eigenvalue weighted by molar-refractivity contribution is 0.0794. The monoisotopic (exact) mass is 278 g/mol. The number of hydrogen-bond donors (Lipinski definition) is 1. The van der Waals surface area contributed by atoms with E-state index in [0.29, 0.717) is 29.3 Å². The van der Waals surface area contributed by atoms with E-state index in [1.807, 2.05) is 6.08 Å². The number of amides is 1. The number of nitrogens with two attached hydrogens (primary N) is 1.